The largest absolute Gasteiger partial charge is 0.365 e. The van der Waals surface area contributed by atoms with Crippen molar-refractivity contribution in [3.8, 4) is 0 Å². The summed E-state index contributed by atoms with van der Waals surface area (Å²) in [5.74, 6) is -0.659. The van der Waals surface area contributed by atoms with Crippen molar-refractivity contribution >= 4 is 38.9 Å². The minimum Gasteiger partial charge on any atom is -0.365 e. The molecule has 0 saturated heterocycles. The van der Waals surface area contributed by atoms with Crippen LogP contribution >= 0.6 is 27.3 Å². The Morgan fingerprint density at radius 2 is 2.33 bits per heavy atom. The fraction of sp³-hybridized carbons (Fsp3) is 0. The summed E-state index contributed by atoms with van der Waals surface area (Å²) in [6.45, 7) is 0. The number of amides is 1. The molecule has 1 rings (SSSR count). The summed E-state index contributed by atoms with van der Waals surface area (Å²) in [6, 6.07) is 1.15. The van der Waals surface area contributed by atoms with Crippen LogP contribution in [0.3, 0.4) is 0 Å². The number of hydrogen-bond acceptors (Lipinski definition) is 4. The quantitative estimate of drug-likeness (QED) is 0.638. The fourth-order valence-electron chi connectivity index (χ4n) is 0.605. The zero-order chi connectivity index (χ0) is 9.30. The standard InChI is InChI=1S/C5H3BrN2O3S/c6-4-2(8(10)11)1-3(12-4)5(7)9/h1H,(H2,7,9). The van der Waals surface area contributed by atoms with Gasteiger partial charge in [-0.25, -0.2) is 0 Å². The molecule has 0 spiro atoms. The van der Waals surface area contributed by atoms with Crippen LogP contribution in [0.4, 0.5) is 5.69 Å². The van der Waals surface area contributed by atoms with Gasteiger partial charge >= 0.3 is 0 Å². The van der Waals surface area contributed by atoms with E-state index in [2.05, 4.69) is 15.9 Å². The van der Waals surface area contributed by atoms with E-state index in [1.165, 1.54) is 0 Å². The third-order valence-electron chi connectivity index (χ3n) is 1.11. The van der Waals surface area contributed by atoms with E-state index in [9.17, 15) is 14.9 Å². The van der Waals surface area contributed by atoms with Gasteiger partial charge in [0.1, 0.15) is 3.79 Å². The number of nitrogens with zero attached hydrogens (tertiary/aromatic N) is 1. The summed E-state index contributed by atoms with van der Waals surface area (Å²) >= 11 is 3.91. The summed E-state index contributed by atoms with van der Waals surface area (Å²) in [5.41, 5.74) is 4.79. The van der Waals surface area contributed by atoms with Gasteiger partial charge in [-0.05, 0) is 15.9 Å². The SMILES string of the molecule is NC(=O)c1cc([N+](=O)[O-])c(Br)s1. The Hall–Kier alpha value is -0.950. The van der Waals surface area contributed by atoms with Crippen molar-refractivity contribution < 1.29 is 9.72 Å². The maximum atomic E-state index is 10.6. The molecule has 1 amide bonds. The molecule has 0 atom stereocenters. The molecule has 2 N–H and O–H groups in total. The predicted octanol–water partition coefficient (Wildman–Crippen LogP) is 1.52. The third-order valence-corrected chi connectivity index (χ3v) is 2.93. The van der Waals surface area contributed by atoms with Gasteiger partial charge in [-0.1, -0.05) is 0 Å². The molecule has 0 fully saturated rings. The Morgan fingerprint density at radius 1 is 1.75 bits per heavy atom. The molecule has 0 aliphatic carbocycles. The number of carbonyl (C=O) groups excluding carboxylic acids is 1. The number of nitrogens with two attached hydrogens (primary N) is 1. The Balaban J connectivity index is 3.17. The summed E-state index contributed by atoms with van der Waals surface area (Å²) < 4.78 is 0.307. The minimum atomic E-state index is -0.659. The highest BCUT2D eigenvalue weighted by molar-refractivity contribution is 9.11. The lowest BCUT2D eigenvalue weighted by atomic mass is 10.4. The van der Waals surface area contributed by atoms with Crippen LogP contribution in [0.1, 0.15) is 9.67 Å². The van der Waals surface area contributed by atoms with E-state index in [0.717, 1.165) is 17.4 Å². The van der Waals surface area contributed by atoms with Gasteiger partial charge in [0.05, 0.1) is 9.80 Å². The maximum absolute atomic E-state index is 10.6. The van der Waals surface area contributed by atoms with Crippen molar-refractivity contribution in [1.82, 2.24) is 0 Å². The molecule has 0 saturated carbocycles. The molecule has 1 aromatic rings. The molecule has 12 heavy (non-hydrogen) atoms. The average Bonchev–Trinajstić information content (AvgIpc) is 2.30. The van der Waals surface area contributed by atoms with Crippen molar-refractivity contribution in [3.63, 3.8) is 0 Å². The number of nitro groups is 1. The van der Waals surface area contributed by atoms with E-state index in [4.69, 9.17) is 5.73 Å². The second-order valence-corrected chi connectivity index (χ2v) is 4.26. The number of primary amides is 1. The van der Waals surface area contributed by atoms with Crippen molar-refractivity contribution in [3.05, 3.63) is 24.8 Å². The number of halogens is 1. The van der Waals surface area contributed by atoms with Crippen LogP contribution in [-0.4, -0.2) is 10.8 Å². The number of rotatable bonds is 2. The summed E-state index contributed by atoms with van der Waals surface area (Å²) in [7, 11) is 0. The third kappa shape index (κ3) is 1.62. The normalized spacial score (nSPS) is 9.75. The minimum absolute atomic E-state index is 0.131. The van der Waals surface area contributed by atoms with Gasteiger partial charge in [0, 0.05) is 6.07 Å². The zero-order valence-electron chi connectivity index (χ0n) is 5.61. The van der Waals surface area contributed by atoms with Gasteiger partial charge in [0.15, 0.2) is 0 Å². The van der Waals surface area contributed by atoms with Crippen molar-refractivity contribution in [1.29, 1.82) is 0 Å². The van der Waals surface area contributed by atoms with E-state index >= 15 is 0 Å². The molecule has 1 aromatic heterocycles. The molecule has 1 heterocycles. The molecule has 0 aromatic carbocycles. The summed E-state index contributed by atoms with van der Waals surface area (Å²) in [6.07, 6.45) is 0. The molecule has 0 radical (unpaired) electrons. The van der Waals surface area contributed by atoms with Gasteiger partial charge in [0.25, 0.3) is 11.6 Å². The second kappa shape index (κ2) is 3.20. The topological polar surface area (TPSA) is 86.2 Å². The smallest absolute Gasteiger partial charge is 0.295 e. The molecular formula is C5H3BrN2O3S. The van der Waals surface area contributed by atoms with Crippen LogP contribution in [0.15, 0.2) is 9.85 Å². The van der Waals surface area contributed by atoms with Crippen LogP contribution in [0, 0.1) is 10.1 Å². The second-order valence-electron chi connectivity index (χ2n) is 1.89. The van der Waals surface area contributed by atoms with Gasteiger partial charge in [-0.3, -0.25) is 14.9 Å². The Labute approximate surface area is 79.5 Å². The average molecular weight is 251 g/mol. The van der Waals surface area contributed by atoms with Crippen LogP contribution in [0.2, 0.25) is 0 Å². The highest BCUT2D eigenvalue weighted by atomic mass is 79.9. The lowest BCUT2D eigenvalue weighted by molar-refractivity contribution is -0.385. The van der Waals surface area contributed by atoms with Crippen molar-refractivity contribution in [2.24, 2.45) is 5.73 Å². The van der Waals surface area contributed by atoms with E-state index in [-0.39, 0.29) is 10.6 Å². The van der Waals surface area contributed by atoms with Gasteiger partial charge in [0.2, 0.25) is 0 Å². The first kappa shape index (κ1) is 9.14. The predicted molar refractivity (Wildman–Crippen MR) is 47.2 cm³/mol. The lowest BCUT2D eigenvalue weighted by Gasteiger charge is -1.82. The summed E-state index contributed by atoms with van der Waals surface area (Å²) in [5, 5.41) is 10.3. The van der Waals surface area contributed by atoms with E-state index in [1.807, 2.05) is 0 Å². The maximum Gasteiger partial charge on any atom is 0.295 e. The first-order valence-electron chi connectivity index (χ1n) is 2.76. The lowest BCUT2D eigenvalue weighted by Crippen LogP contribution is -2.08. The van der Waals surface area contributed by atoms with Crippen LogP contribution < -0.4 is 5.73 Å². The highest BCUT2D eigenvalue weighted by Gasteiger charge is 2.18. The zero-order valence-corrected chi connectivity index (χ0v) is 8.02. The molecule has 5 nitrogen and oxygen atoms in total. The molecule has 0 bridgehead atoms. The fourth-order valence-corrected chi connectivity index (χ4v) is 2.09. The van der Waals surface area contributed by atoms with Crippen LogP contribution in [-0.2, 0) is 0 Å². The van der Waals surface area contributed by atoms with Gasteiger partial charge < -0.3 is 5.73 Å². The van der Waals surface area contributed by atoms with Gasteiger partial charge in [-0.2, -0.15) is 0 Å². The van der Waals surface area contributed by atoms with Crippen LogP contribution in [0.5, 0.6) is 0 Å². The Morgan fingerprint density at radius 3 is 2.58 bits per heavy atom. The highest BCUT2D eigenvalue weighted by Crippen LogP contribution is 2.33. The van der Waals surface area contributed by atoms with Crippen molar-refractivity contribution in [2.45, 2.75) is 0 Å². The molecule has 7 heteroatoms. The number of hydrogen-bond donors (Lipinski definition) is 1. The molecule has 0 aliphatic rings. The van der Waals surface area contributed by atoms with Crippen LogP contribution in [0.25, 0.3) is 0 Å². The first-order valence-corrected chi connectivity index (χ1v) is 4.37. The molecular weight excluding hydrogens is 248 g/mol. The molecule has 64 valence electrons. The molecule has 0 unspecified atom stereocenters. The first-order chi connectivity index (χ1) is 5.52. The van der Waals surface area contributed by atoms with Gasteiger partial charge in [-0.15, -0.1) is 11.3 Å². The monoisotopic (exact) mass is 250 g/mol. The van der Waals surface area contributed by atoms with E-state index < -0.39 is 10.8 Å². The summed E-state index contributed by atoms with van der Waals surface area (Å²) in [4.78, 5) is 20.5. The van der Waals surface area contributed by atoms with Crippen molar-refractivity contribution in [2.75, 3.05) is 0 Å². The van der Waals surface area contributed by atoms with E-state index in [0.29, 0.717) is 3.79 Å². The van der Waals surface area contributed by atoms with E-state index in [1.54, 1.807) is 0 Å². The number of thiophene rings is 1. The Bertz CT molecular complexity index is 348. The Kier molecular flexibility index (Phi) is 2.43. The molecule has 0 aliphatic heterocycles. The number of carbonyl (C=O) groups is 1.